The molecule has 1 N–H and O–H groups in total. The third-order valence-electron chi connectivity index (χ3n) is 2.50. The SMILES string of the molecule is CC1(C)OCC(CNc2nc(Cl)ncc2[N+](=O)[O-])O1. The van der Waals surface area contributed by atoms with E-state index in [1.165, 1.54) is 0 Å². The smallest absolute Gasteiger partial charge is 0.329 e. The van der Waals surface area contributed by atoms with E-state index in [4.69, 9.17) is 21.1 Å². The largest absolute Gasteiger partial charge is 0.362 e. The number of ether oxygens (including phenoxy) is 2. The molecule has 1 aromatic heterocycles. The second kappa shape index (κ2) is 5.24. The van der Waals surface area contributed by atoms with Gasteiger partial charge in [-0.1, -0.05) is 0 Å². The van der Waals surface area contributed by atoms with E-state index in [1.807, 2.05) is 0 Å². The van der Waals surface area contributed by atoms with Gasteiger partial charge in [-0.3, -0.25) is 10.1 Å². The van der Waals surface area contributed by atoms with Gasteiger partial charge in [-0.2, -0.15) is 4.98 Å². The van der Waals surface area contributed by atoms with Gasteiger partial charge < -0.3 is 14.8 Å². The molecule has 2 rings (SSSR count). The molecule has 104 valence electrons. The third-order valence-corrected chi connectivity index (χ3v) is 2.68. The minimum Gasteiger partial charge on any atom is -0.362 e. The van der Waals surface area contributed by atoms with Crippen molar-refractivity contribution in [3.05, 3.63) is 21.6 Å². The number of nitro groups is 1. The molecule has 1 saturated heterocycles. The Balaban J connectivity index is 2.03. The molecule has 2 heterocycles. The Kier molecular flexibility index (Phi) is 3.83. The highest BCUT2D eigenvalue weighted by atomic mass is 35.5. The molecule has 0 spiro atoms. The molecule has 0 bridgehead atoms. The number of hydrogen-bond donors (Lipinski definition) is 1. The van der Waals surface area contributed by atoms with Gasteiger partial charge in [0.2, 0.25) is 11.1 Å². The normalized spacial score (nSPS) is 21.3. The molecule has 19 heavy (non-hydrogen) atoms. The first-order valence-corrected chi connectivity index (χ1v) is 5.98. The van der Waals surface area contributed by atoms with Crippen LogP contribution in [0, 0.1) is 10.1 Å². The van der Waals surface area contributed by atoms with Crippen LogP contribution in [-0.2, 0) is 9.47 Å². The van der Waals surface area contributed by atoms with Gasteiger partial charge in [-0.25, -0.2) is 4.98 Å². The van der Waals surface area contributed by atoms with Gasteiger partial charge in [0, 0.05) is 6.54 Å². The maximum atomic E-state index is 10.8. The Morgan fingerprint density at radius 2 is 2.42 bits per heavy atom. The molecule has 1 atom stereocenters. The first-order valence-electron chi connectivity index (χ1n) is 5.60. The molecule has 0 aliphatic carbocycles. The van der Waals surface area contributed by atoms with E-state index in [2.05, 4.69) is 15.3 Å². The van der Waals surface area contributed by atoms with Crippen LogP contribution in [0.2, 0.25) is 5.28 Å². The first-order chi connectivity index (χ1) is 8.87. The zero-order valence-corrected chi connectivity index (χ0v) is 11.2. The van der Waals surface area contributed by atoms with Crippen molar-refractivity contribution in [3.63, 3.8) is 0 Å². The summed E-state index contributed by atoms with van der Waals surface area (Å²) in [6.45, 7) is 4.35. The second-order valence-electron chi connectivity index (χ2n) is 4.46. The minimum absolute atomic E-state index is 0.0583. The summed E-state index contributed by atoms with van der Waals surface area (Å²) in [5.74, 6) is -0.569. The summed E-state index contributed by atoms with van der Waals surface area (Å²) in [6, 6.07) is 0. The summed E-state index contributed by atoms with van der Waals surface area (Å²) in [4.78, 5) is 17.6. The van der Waals surface area contributed by atoms with Gasteiger partial charge in [0.15, 0.2) is 5.79 Å². The monoisotopic (exact) mass is 288 g/mol. The van der Waals surface area contributed by atoms with Gasteiger partial charge in [-0.15, -0.1) is 0 Å². The molecule has 0 amide bonds. The van der Waals surface area contributed by atoms with Crippen molar-refractivity contribution in [1.82, 2.24) is 9.97 Å². The lowest BCUT2D eigenvalue weighted by atomic mass is 10.3. The molecule has 1 aromatic rings. The Bertz CT molecular complexity index is 496. The maximum Gasteiger partial charge on any atom is 0.329 e. The standard InChI is InChI=1S/C10H13ClN4O4/c1-10(2)18-5-6(19-10)3-12-8-7(15(16)17)4-13-9(11)14-8/h4,6H,3,5H2,1-2H3,(H,12,13,14). The minimum atomic E-state index is -0.637. The fourth-order valence-electron chi connectivity index (χ4n) is 1.69. The molecule has 8 nitrogen and oxygen atoms in total. The molecule has 0 saturated carbocycles. The second-order valence-corrected chi connectivity index (χ2v) is 4.80. The molecule has 1 fully saturated rings. The lowest BCUT2D eigenvalue weighted by Crippen LogP contribution is -2.26. The van der Waals surface area contributed by atoms with E-state index in [9.17, 15) is 10.1 Å². The van der Waals surface area contributed by atoms with E-state index in [0.717, 1.165) is 6.20 Å². The Morgan fingerprint density at radius 1 is 1.68 bits per heavy atom. The summed E-state index contributed by atoms with van der Waals surface area (Å²) < 4.78 is 11.0. The van der Waals surface area contributed by atoms with Crippen molar-refractivity contribution in [2.75, 3.05) is 18.5 Å². The number of anilines is 1. The number of aromatic nitrogens is 2. The van der Waals surface area contributed by atoms with Crippen molar-refractivity contribution >= 4 is 23.1 Å². The van der Waals surface area contributed by atoms with Gasteiger partial charge in [0.25, 0.3) is 0 Å². The van der Waals surface area contributed by atoms with Crippen LogP contribution in [0.25, 0.3) is 0 Å². The van der Waals surface area contributed by atoms with Gasteiger partial charge >= 0.3 is 5.69 Å². The molecule has 9 heteroatoms. The van der Waals surface area contributed by atoms with Crippen LogP contribution in [-0.4, -0.2) is 39.9 Å². The van der Waals surface area contributed by atoms with Crippen molar-refractivity contribution < 1.29 is 14.4 Å². The van der Waals surface area contributed by atoms with Crippen LogP contribution < -0.4 is 5.32 Å². The van der Waals surface area contributed by atoms with Crippen LogP contribution in [0.5, 0.6) is 0 Å². The summed E-state index contributed by atoms with van der Waals surface area (Å²) in [5, 5.41) is 13.6. The van der Waals surface area contributed by atoms with Crippen molar-refractivity contribution in [2.45, 2.75) is 25.7 Å². The van der Waals surface area contributed by atoms with Crippen LogP contribution >= 0.6 is 11.6 Å². The zero-order valence-electron chi connectivity index (χ0n) is 10.4. The van der Waals surface area contributed by atoms with Crippen molar-refractivity contribution in [2.24, 2.45) is 0 Å². The summed E-state index contributed by atoms with van der Waals surface area (Å²) >= 11 is 5.62. The van der Waals surface area contributed by atoms with Crippen LogP contribution in [0.4, 0.5) is 11.5 Å². The number of nitrogens with zero attached hydrogens (tertiary/aromatic N) is 3. The van der Waals surface area contributed by atoms with E-state index < -0.39 is 10.7 Å². The molecular formula is C10H13ClN4O4. The fraction of sp³-hybridized carbons (Fsp3) is 0.600. The van der Waals surface area contributed by atoms with Crippen molar-refractivity contribution in [3.8, 4) is 0 Å². The van der Waals surface area contributed by atoms with Crippen LogP contribution in [0.15, 0.2) is 6.20 Å². The topological polar surface area (TPSA) is 99.4 Å². The van der Waals surface area contributed by atoms with Crippen LogP contribution in [0.3, 0.4) is 0 Å². The number of halogens is 1. The lowest BCUT2D eigenvalue weighted by Gasteiger charge is -2.17. The highest BCUT2D eigenvalue weighted by molar-refractivity contribution is 6.28. The molecule has 0 radical (unpaired) electrons. The van der Waals surface area contributed by atoms with E-state index >= 15 is 0 Å². The predicted molar refractivity (Wildman–Crippen MR) is 67.1 cm³/mol. The average molecular weight is 289 g/mol. The summed E-state index contributed by atoms with van der Waals surface area (Å²) in [5.41, 5.74) is -0.234. The fourth-order valence-corrected chi connectivity index (χ4v) is 1.83. The number of nitrogens with one attached hydrogen (secondary N) is 1. The molecule has 1 unspecified atom stereocenters. The maximum absolute atomic E-state index is 10.8. The first kappa shape index (κ1) is 13.9. The summed E-state index contributed by atoms with van der Waals surface area (Å²) in [7, 11) is 0. The molecule has 0 aromatic carbocycles. The van der Waals surface area contributed by atoms with E-state index in [-0.39, 0.29) is 22.9 Å². The molecule has 1 aliphatic heterocycles. The Labute approximate surface area is 114 Å². The quantitative estimate of drug-likeness (QED) is 0.510. The lowest BCUT2D eigenvalue weighted by molar-refractivity contribution is -0.384. The van der Waals surface area contributed by atoms with E-state index in [0.29, 0.717) is 13.2 Å². The predicted octanol–water partition coefficient (Wildman–Crippen LogP) is 1.60. The molecule has 1 aliphatic rings. The van der Waals surface area contributed by atoms with E-state index in [1.54, 1.807) is 13.8 Å². The number of hydrogen-bond acceptors (Lipinski definition) is 7. The van der Waals surface area contributed by atoms with Crippen LogP contribution in [0.1, 0.15) is 13.8 Å². The van der Waals surface area contributed by atoms with Gasteiger partial charge in [0.05, 0.1) is 11.5 Å². The Morgan fingerprint density at radius 3 is 3.00 bits per heavy atom. The third kappa shape index (κ3) is 3.49. The van der Waals surface area contributed by atoms with Gasteiger partial charge in [0.1, 0.15) is 12.3 Å². The van der Waals surface area contributed by atoms with Gasteiger partial charge in [-0.05, 0) is 25.4 Å². The Hall–Kier alpha value is -1.51. The number of rotatable bonds is 4. The summed E-state index contributed by atoms with van der Waals surface area (Å²) in [6.07, 6.45) is 0.858. The van der Waals surface area contributed by atoms with Crippen molar-refractivity contribution in [1.29, 1.82) is 0 Å². The zero-order chi connectivity index (χ0) is 14.0. The average Bonchev–Trinajstić information content (AvgIpc) is 2.66. The molecular weight excluding hydrogens is 276 g/mol. The highest BCUT2D eigenvalue weighted by Gasteiger charge is 2.32. The highest BCUT2D eigenvalue weighted by Crippen LogP contribution is 2.25.